The van der Waals surface area contributed by atoms with Crippen LogP contribution in [0.1, 0.15) is 38.1 Å². The summed E-state index contributed by atoms with van der Waals surface area (Å²) in [5.74, 6) is -0.275. The molecular weight excluding hydrogens is 554 g/mol. The third kappa shape index (κ3) is 9.27. The van der Waals surface area contributed by atoms with Crippen LogP contribution in [0.2, 0.25) is 0 Å². The first-order valence-electron chi connectivity index (χ1n) is 11.7. The van der Waals surface area contributed by atoms with E-state index in [2.05, 4.69) is 20.1 Å². The summed E-state index contributed by atoms with van der Waals surface area (Å²) in [4.78, 5) is 29.1. The minimum atomic E-state index is -3.53. The van der Waals surface area contributed by atoms with Crippen LogP contribution in [0.5, 0.6) is 17.2 Å². The minimum absolute atomic E-state index is 0.0296. The van der Waals surface area contributed by atoms with Crippen LogP contribution in [0.3, 0.4) is 0 Å². The summed E-state index contributed by atoms with van der Waals surface area (Å²) in [6, 6.07) is 8.12. The highest BCUT2D eigenvalue weighted by molar-refractivity contribution is 7.90. The number of aromatic nitrogens is 3. The Morgan fingerprint density at radius 2 is 1.77 bits per heavy atom. The maximum absolute atomic E-state index is 13.0. The second-order valence-electron chi connectivity index (χ2n) is 9.50. The lowest BCUT2D eigenvalue weighted by Gasteiger charge is -2.18. The van der Waals surface area contributed by atoms with E-state index >= 15 is 0 Å². The number of hydrogen-bond acceptors (Lipinski definition) is 10. The van der Waals surface area contributed by atoms with Gasteiger partial charge in [-0.3, -0.25) is 4.79 Å². The molecule has 0 radical (unpaired) electrons. The monoisotopic (exact) mass is 582 g/mol. The number of carbonyl (C=O) groups excluding carboxylic acids is 2. The average molecular weight is 583 g/mol. The lowest BCUT2D eigenvalue weighted by atomic mass is 10.2. The number of ether oxygens (including phenoxy) is 4. The largest absolute Gasteiger partial charge is 0.488 e. The second kappa shape index (κ2) is 12.4. The predicted octanol–water partition coefficient (Wildman–Crippen LogP) is 4.52. The molecule has 40 heavy (non-hydrogen) atoms. The number of nitrogens with zero attached hydrogens (tertiary/aromatic N) is 3. The molecule has 12 nitrogen and oxygen atoms in total. The van der Waals surface area contributed by atoms with Crippen LogP contribution in [0.15, 0.2) is 53.8 Å². The molecule has 0 saturated carbocycles. The fourth-order valence-corrected chi connectivity index (χ4v) is 3.64. The Kier molecular flexibility index (Phi) is 9.42. The van der Waals surface area contributed by atoms with Crippen molar-refractivity contribution in [2.24, 2.45) is 0 Å². The summed E-state index contributed by atoms with van der Waals surface area (Å²) >= 11 is 0. The van der Waals surface area contributed by atoms with Crippen LogP contribution in [0.25, 0.3) is 0 Å². The van der Waals surface area contributed by atoms with Crippen LogP contribution in [-0.4, -0.2) is 66.4 Å². The predicted molar refractivity (Wildman–Crippen MR) is 138 cm³/mol. The zero-order valence-corrected chi connectivity index (χ0v) is 23.1. The van der Waals surface area contributed by atoms with Gasteiger partial charge >= 0.3 is 12.7 Å². The van der Waals surface area contributed by atoms with E-state index in [1.165, 1.54) is 55.7 Å². The summed E-state index contributed by atoms with van der Waals surface area (Å²) in [6.07, 6.45) is 1.95. The van der Waals surface area contributed by atoms with Gasteiger partial charge in [0.1, 0.15) is 29.0 Å². The highest BCUT2D eigenvalue weighted by Gasteiger charge is 2.20. The highest BCUT2D eigenvalue weighted by atomic mass is 32.2. The highest BCUT2D eigenvalue weighted by Crippen LogP contribution is 2.29. The van der Waals surface area contributed by atoms with E-state index in [0.29, 0.717) is 0 Å². The molecule has 1 atom stereocenters. The van der Waals surface area contributed by atoms with E-state index < -0.39 is 46.8 Å². The molecule has 3 rings (SSSR count). The molecule has 0 unspecified atom stereocenters. The number of sulfone groups is 1. The standard InChI is InChI=1S/C25H28F2N4O8S/c1-15(14-36-23(26)27)37-18-10-16(11-19(12-18)38-17-6-7-21(28-13-17)40(5,34)35)22(32)29-20-8-9-31(30-20)24(33)39-25(2,3)4/h6-13,15,23H,14H2,1-5H3,(H,29,30,32)/t15-/m0/s1. The number of pyridine rings is 1. The number of hydrogen-bond donors (Lipinski definition) is 1. The van der Waals surface area contributed by atoms with Gasteiger partial charge in [0.25, 0.3) is 5.91 Å². The van der Waals surface area contributed by atoms with Crippen molar-refractivity contribution >= 4 is 27.7 Å². The third-order valence-electron chi connectivity index (χ3n) is 4.67. The number of rotatable bonds is 10. The number of alkyl halides is 2. The summed E-state index contributed by atoms with van der Waals surface area (Å²) in [5, 5.41) is 6.38. The molecule has 0 aliphatic carbocycles. The van der Waals surface area contributed by atoms with Crippen LogP contribution < -0.4 is 14.8 Å². The zero-order chi connectivity index (χ0) is 29.7. The Morgan fingerprint density at radius 3 is 2.38 bits per heavy atom. The number of amides is 1. The van der Waals surface area contributed by atoms with Crippen molar-refractivity contribution in [3.8, 4) is 17.2 Å². The Balaban J connectivity index is 1.84. The van der Waals surface area contributed by atoms with Gasteiger partial charge < -0.3 is 24.3 Å². The van der Waals surface area contributed by atoms with Gasteiger partial charge in [-0.25, -0.2) is 18.2 Å². The topological polar surface area (TPSA) is 148 Å². The average Bonchev–Trinajstić information content (AvgIpc) is 3.30. The van der Waals surface area contributed by atoms with Crippen molar-refractivity contribution in [2.75, 3.05) is 18.2 Å². The van der Waals surface area contributed by atoms with Crippen molar-refractivity contribution in [3.63, 3.8) is 0 Å². The Labute approximate surface area is 229 Å². The van der Waals surface area contributed by atoms with Gasteiger partial charge in [-0.05, 0) is 52.0 Å². The minimum Gasteiger partial charge on any atom is -0.488 e. The number of halogens is 2. The van der Waals surface area contributed by atoms with Crippen molar-refractivity contribution in [2.45, 2.75) is 51.0 Å². The van der Waals surface area contributed by atoms with Crippen molar-refractivity contribution < 1.29 is 45.7 Å². The summed E-state index contributed by atoms with van der Waals surface area (Å²) < 4.78 is 70.0. The SMILES string of the molecule is C[C@@H](COC(F)F)Oc1cc(Oc2ccc(S(C)(=O)=O)nc2)cc(C(=O)Nc2ccn(C(=O)OC(C)(C)C)n2)c1. The van der Waals surface area contributed by atoms with E-state index in [1.54, 1.807) is 20.8 Å². The van der Waals surface area contributed by atoms with Gasteiger partial charge in [-0.2, -0.15) is 13.5 Å². The fourth-order valence-electron chi connectivity index (χ4n) is 3.08. The molecule has 0 aliphatic heterocycles. The molecule has 15 heteroatoms. The van der Waals surface area contributed by atoms with Crippen LogP contribution in [0, 0.1) is 0 Å². The van der Waals surface area contributed by atoms with E-state index in [9.17, 15) is 26.8 Å². The van der Waals surface area contributed by atoms with Gasteiger partial charge in [-0.15, -0.1) is 5.10 Å². The molecule has 2 aromatic heterocycles. The molecule has 0 saturated heterocycles. The molecule has 1 N–H and O–H groups in total. The van der Waals surface area contributed by atoms with E-state index in [4.69, 9.17) is 14.2 Å². The van der Waals surface area contributed by atoms with Crippen molar-refractivity contribution in [1.29, 1.82) is 0 Å². The molecule has 0 spiro atoms. The number of carbonyl (C=O) groups is 2. The van der Waals surface area contributed by atoms with E-state index in [0.717, 1.165) is 10.9 Å². The normalized spacial score (nSPS) is 12.6. The lowest BCUT2D eigenvalue weighted by Crippen LogP contribution is -2.27. The molecule has 2 heterocycles. The fraction of sp³-hybridized carbons (Fsp3) is 0.360. The Bertz CT molecular complexity index is 1450. The quantitative estimate of drug-likeness (QED) is 0.362. The zero-order valence-electron chi connectivity index (χ0n) is 22.3. The first-order valence-corrected chi connectivity index (χ1v) is 13.6. The maximum atomic E-state index is 13.0. The van der Waals surface area contributed by atoms with Crippen molar-refractivity contribution in [3.05, 3.63) is 54.4 Å². The van der Waals surface area contributed by atoms with Crippen LogP contribution in [-0.2, 0) is 19.3 Å². The number of anilines is 1. The third-order valence-corrected chi connectivity index (χ3v) is 5.67. The van der Waals surface area contributed by atoms with Gasteiger partial charge in [0, 0.05) is 30.1 Å². The first-order chi connectivity index (χ1) is 18.6. The molecule has 0 bridgehead atoms. The lowest BCUT2D eigenvalue weighted by molar-refractivity contribution is -0.142. The molecule has 0 fully saturated rings. The van der Waals surface area contributed by atoms with Gasteiger partial charge in [0.05, 0.1) is 12.8 Å². The van der Waals surface area contributed by atoms with Crippen LogP contribution in [0.4, 0.5) is 19.4 Å². The molecule has 1 amide bonds. The second-order valence-corrected chi connectivity index (χ2v) is 11.5. The summed E-state index contributed by atoms with van der Waals surface area (Å²) in [6.45, 7) is 3.17. The molecule has 1 aromatic carbocycles. The summed E-state index contributed by atoms with van der Waals surface area (Å²) in [5.41, 5.74) is -0.719. The molecule has 216 valence electrons. The number of benzene rings is 1. The van der Waals surface area contributed by atoms with E-state index in [-0.39, 0.29) is 33.7 Å². The Hall–Kier alpha value is -4.11. The first kappa shape index (κ1) is 30.4. The molecule has 0 aliphatic rings. The van der Waals surface area contributed by atoms with Gasteiger partial charge in [-0.1, -0.05) is 0 Å². The van der Waals surface area contributed by atoms with E-state index in [1.807, 2.05) is 0 Å². The smallest absolute Gasteiger partial charge is 0.435 e. The van der Waals surface area contributed by atoms with Gasteiger partial charge in [0.15, 0.2) is 20.7 Å². The number of nitrogens with one attached hydrogen (secondary N) is 1. The molecule has 3 aromatic rings. The summed E-state index contributed by atoms with van der Waals surface area (Å²) in [7, 11) is -3.53. The maximum Gasteiger partial charge on any atom is 0.435 e. The van der Waals surface area contributed by atoms with Crippen LogP contribution >= 0.6 is 0 Å². The van der Waals surface area contributed by atoms with Crippen molar-refractivity contribution in [1.82, 2.24) is 14.8 Å². The molecular formula is C25H28F2N4O8S. The van der Waals surface area contributed by atoms with Gasteiger partial charge in [0.2, 0.25) is 0 Å². The Morgan fingerprint density at radius 1 is 1.07 bits per heavy atom.